The van der Waals surface area contributed by atoms with Crippen LogP contribution in [-0.4, -0.2) is 35.8 Å². The van der Waals surface area contributed by atoms with Gasteiger partial charge >= 0.3 is 0 Å². The van der Waals surface area contributed by atoms with Gasteiger partial charge in [0.05, 0.1) is 21.2 Å². The SMILES string of the molecule is O=C(NC1CCN(C(=O)c2c(F)cccc2Cl)CC1)c1ccccc1Cl. The first-order valence-electron chi connectivity index (χ1n) is 8.26. The Balaban J connectivity index is 1.60. The van der Waals surface area contributed by atoms with E-state index in [1.807, 2.05) is 0 Å². The molecule has 26 heavy (non-hydrogen) atoms. The maximum Gasteiger partial charge on any atom is 0.258 e. The van der Waals surface area contributed by atoms with Crippen molar-refractivity contribution in [3.63, 3.8) is 0 Å². The third kappa shape index (κ3) is 4.00. The van der Waals surface area contributed by atoms with Crippen molar-refractivity contribution in [2.24, 2.45) is 0 Å². The standard InChI is InChI=1S/C19H17Cl2FN2O2/c20-14-5-2-1-4-13(14)18(25)23-12-8-10-24(11-9-12)19(26)17-15(21)6-3-7-16(17)22/h1-7,12H,8-11H2,(H,23,25). The van der Waals surface area contributed by atoms with E-state index in [2.05, 4.69) is 5.32 Å². The number of halogens is 3. The van der Waals surface area contributed by atoms with E-state index < -0.39 is 11.7 Å². The number of carbonyl (C=O) groups excluding carboxylic acids is 2. The molecule has 2 amide bonds. The predicted molar refractivity (Wildman–Crippen MR) is 99.3 cm³/mol. The Bertz CT molecular complexity index is 816. The first kappa shape index (κ1) is 18.7. The predicted octanol–water partition coefficient (Wildman–Crippen LogP) is 4.17. The number of nitrogens with one attached hydrogen (secondary N) is 1. The molecule has 0 aliphatic carbocycles. The fraction of sp³-hybridized carbons (Fsp3) is 0.263. The highest BCUT2D eigenvalue weighted by Crippen LogP contribution is 2.23. The Morgan fingerprint density at radius 2 is 1.65 bits per heavy atom. The van der Waals surface area contributed by atoms with Crippen LogP contribution in [0, 0.1) is 5.82 Å². The smallest absolute Gasteiger partial charge is 0.258 e. The number of amides is 2. The lowest BCUT2D eigenvalue weighted by Gasteiger charge is -2.32. The van der Waals surface area contributed by atoms with Crippen LogP contribution in [-0.2, 0) is 0 Å². The maximum atomic E-state index is 13.9. The van der Waals surface area contributed by atoms with Crippen LogP contribution in [0.1, 0.15) is 33.6 Å². The highest BCUT2D eigenvalue weighted by atomic mass is 35.5. The van der Waals surface area contributed by atoms with Gasteiger partial charge in [0, 0.05) is 19.1 Å². The summed E-state index contributed by atoms with van der Waals surface area (Å²) in [6.07, 6.45) is 1.15. The average molecular weight is 395 g/mol. The van der Waals surface area contributed by atoms with E-state index in [4.69, 9.17) is 23.2 Å². The Labute approximate surface area is 160 Å². The van der Waals surface area contributed by atoms with Crippen molar-refractivity contribution >= 4 is 35.0 Å². The molecule has 0 atom stereocenters. The van der Waals surface area contributed by atoms with Crippen molar-refractivity contribution in [3.05, 3.63) is 69.5 Å². The molecule has 0 bridgehead atoms. The molecule has 136 valence electrons. The van der Waals surface area contributed by atoms with Gasteiger partial charge in [-0.3, -0.25) is 9.59 Å². The summed E-state index contributed by atoms with van der Waals surface area (Å²) >= 11 is 12.0. The first-order chi connectivity index (χ1) is 12.5. The molecule has 1 heterocycles. The molecule has 2 aromatic rings. The lowest BCUT2D eigenvalue weighted by molar-refractivity contribution is 0.0694. The number of nitrogens with zero attached hydrogens (tertiary/aromatic N) is 1. The van der Waals surface area contributed by atoms with E-state index in [1.54, 1.807) is 29.2 Å². The van der Waals surface area contributed by atoms with E-state index in [9.17, 15) is 14.0 Å². The summed E-state index contributed by atoms with van der Waals surface area (Å²) in [4.78, 5) is 26.4. The molecule has 1 N–H and O–H groups in total. The Morgan fingerprint density at radius 1 is 1.00 bits per heavy atom. The second-order valence-corrected chi connectivity index (χ2v) is 6.93. The van der Waals surface area contributed by atoms with Crippen LogP contribution in [0.15, 0.2) is 42.5 Å². The highest BCUT2D eigenvalue weighted by Gasteiger charge is 2.27. The van der Waals surface area contributed by atoms with E-state index in [-0.39, 0.29) is 22.5 Å². The number of likely N-dealkylation sites (tertiary alicyclic amines) is 1. The van der Waals surface area contributed by atoms with Crippen molar-refractivity contribution in [3.8, 4) is 0 Å². The molecule has 0 radical (unpaired) electrons. The minimum Gasteiger partial charge on any atom is -0.349 e. The lowest BCUT2D eigenvalue weighted by atomic mass is 10.0. The third-order valence-electron chi connectivity index (χ3n) is 4.41. The molecule has 1 aliphatic heterocycles. The van der Waals surface area contributed by atoms with Crippen molar-refractivity contribution < 1.29 is 14.0 Å². The summed E-state index contributed by atoms with van der Waals surface area (Å²) in [5, 5.41) is 3.43. The van der Waals surface area contributed by atoms with Crippen LogP contribution < -0.4 is 5.32 Å². The summed E-state index contributed by atoms with van der Waals surface area (Å²) < 4.78 is 13.9. The van der Waals surface area contributed by atoms with Gasteiger partial charge in [-0.2, -0.15) is 0 Å². The zero-order chi connectivity index (χ0) is 18.7. The molecular formula is C19H17Cl2FN2O2. The molecule has 0 unspecified atom stereocenters. The third-order valence-corrected chi connectivity index (χ3v) is 5.06. The molecule has 2 aromatic carbocycles. The molecule has 1 saturated heterocycles. The van der Waals surface area contributed by atoms with E-state index >= 15 is 0 Å². The topological polar surface area (TPSA) is 49.4 Å². The summed E-state index contributed by atoms with van der Waals surface area (Å²) in [7, 11) is 0. The number of hydrogen-bond donors (Lipinski definition) is 1. The van der Waals surface area contributed by atoms with Crippen LogP contribution >= 0.6 is 23.2 Å². The van der Waals surface area contributed by atoms with Gasteiger partial charge in [0.2, 0.25) is 0 Å². The number of carbonyl (C=O) groups is 2. The van der Waals surface area contributed by atoms with Crippen molar-refractivity contribution in [2.75, 3.05) is 13.1 Å². The van der Waals surface area contributed by atoms with E-state index in [1.165, 1.54) is 18.2 Å². The summed E-state index contributed by atoms with van der Waals surface area (Å²) in [6, 6.07) is 10.9. The maximum absolute atomic E-state index is 13.9. The normalized spacial score (nSPS) is 15.0. The van der Waals surface area contributed by atoms with Crippen LogP contribution in [0.4, 0.5) is 4.39 Å². The molecule has 7 heteroatoms. The molecule has 1 aliphatic rings. The van der Waals surface area contributed by atoms with Crippen molar-refractivity contribution in [1.82, 2.24) is 10.2 Å². The molecule has 0 spiro atoms. The summed E-state index contributed by atoms with van der Waals surface area (Å²) in [5.74, 6) is -1.29. The number of piperidine rings is 1. The Morgan fingerprint density at radius 3 is 2.31 bits per heavy atom. The minimum atomic E-state index is -0.628. The molecule has 1 fully saturated rings. The highest BCUT2D eigenvalue weighted by molar-refractivity contribution is 6.34. The van der Waals surface area contributed by atoms with Crippen LogP contribution in [0.5, 0.6) is 0 Å². The van der Waals surface area contributed by atoms with Gasteiger partial charge in [-0.25, -0.2) is 4.39 Å². The molecule has 4 nitrogen and oxygen atoms in total. The van der Waals surface area contributed by atoms with Gasteiger partial charge in [-0.1, -0.05) is 41.4 Å². The minimum absolute atomic E-state index is 0.0704. The van der Waals surface area contributed by atoms with E-state index in [0.717, 1.165) is 0 Å². The number of hydrogen-bond acceptors (Lipinski definition) is 2. The van der Waals surface area contributed by atoms with Gasteiger partial charge in [0.25, 0.3) is 11.8 Å². The Kier molecular flexibility index (Phi) is 5.79. The summed E-state index contributed by atoms with van der Waals surface area (Å²) in [6.45, 7) is 0.827. The van der Waals surface area contributed by atoms with Crippen molar-refractivity contribution in [1.29, 1.82) is 0 Å². The van der Waals surface area contributed by atoms with E-state index in [0.29, 0.717) is 36.5 Å². The fourth-order valence-electron chi connectivity index (χ4n) is 3.00. The molecule has 0 aromatic heterocycles. The van der Waals surface area contributed by atoms with Crippen LogP contribution in [0.2, 0.25) is 10.0 Å². The average Bonchev–Trinajstić information content (AvgIpc) is 2.62. The summed E-state index contributed by atoms with van der Waals surface area (Å²) in [5.41, 5.74) is 0.318. The number of benzene rings is 2. The molecular weight excluding hydrogens is 378 g/mol. The first-order valence-corrected chi connectivity index (χ1v) is 9.01. The largest absolute Gasteiger partial charge is 0.349 e. The zero-order valence-electron chi connectivity index (χ0n) is 13.8. The fourth-order valence-corrected chi connectivity index (χ4v) is 3.46. The zero-order valence-corrected chi connectivity index (χ0v) is 15.4. The molecule has 0 saturated carbocycles. The number of rotatable bonds is 3. The Hall–Kier alpha value is -2.11. The van der Waals surface area contributed by atoms with Gasteiger partial charge in [-0.05, 0) is 37.1 Å². The second kappa shape index (κ2) is 8.06. The van der Waals surface area contributed by atoms with Gasteiger partial charge in [-0.15, -0.1) is 0 Å². The lowest BCUT2D eigenvalue weighted by Crippen LogP contribution is -2.46. The van der Waals surface area contributed by atoms with Gasteiger partial charge < -0.3 is 10.2 Å². The monoisotopic (exact) mass is 394 g/mol. The second-order valence-electron chi connectivity index (χ2n) is 6.12. The molecule has 3 rings (SSSR count). The van der Waals surface area contributed by atoms with Gasteiger partial charge in [0.1, 0.15) is 5.82 Å². The quantitative estimate of drug-likeness (QED) is 0.848. The van der Waals surface area contributed by atoms with Crippen LogP contribution in [0.3, 0.4) is 0 Å². The van der Waals surface area contributed by atoms with Gasteiger partial charge in [0.15, 0.2) is 0 Å². The van der Waals surface area contributed by atoms with Crippen LogP contribution in [0.25, 0.3) is 0 Å². The van der Waals surface area contributed by atoms with Crippen molar-refractivity contribution in [2.45, 2.75) is 18.9 Å².